The van der Waals surface area contributed by atoms with Crippen LogP contribution in [0.3, 0.4) is 0 Å². The van der Waals surface area contributed by atoms with E-state index >= 15 is 0 Å². The van der Waals surface area contributed by atoms with E-state index in [1.54, 1.807) is 0 Å². The molecule has 0 amide bonds. The standard InChI is InChI=1S/C106H98N4/c1-99-53-21-25-57-103(99,5)107(71-29-13-9-14-30-71)91-49-37-67(61-87(91)99)75-41-45-79-83-65-85-81-47-43-77(69-39-51-93-89(63-69)101(3)55-23-27-59-105(101,7)109(93)73-33-17-11-18-34-73)96-78(70-40-52-94-90(64-70)102(4)56-24-28-60-106(102,8)110(94)74-35-19-12-20-36-74)44-48-82(98(81)96)86(85)66-84(83)80-46-42-76(95(75)97(79)80)68-38-50-92-88(62-68)100(2)54-22-26-58-104(100,6)108(92)72-31-15-10-16-32-72/h9-20,29-52,61-66H,21-28,53-60H2,1-8H3. The highest BCUT2D eigenvalue weighted by molar-refractivity contribution is 6.40. The molecule has 0 bridgehead atoms. The number of para-hydroxylation sites is 4. The lowest BCUT2D eigenvalue weighted by Gasteiger charge is -2.50. The van der Waals surface area contributed by atoms with Crippen molar-refractivity contribution in [1.82, 2.24) is 0 Å². The first kappa shape index (κ1) is 65.5. The summed E-state index contributed by atoms with van der Waals surface area (Å²) in [5.41, 5.74) is 26.8. The van der Waals surface area contributed by atoms with Crippen LogP contribution in [0.5, 0.6) is 0 Å². The third kappa shape index (κ3) is 8.18. The van der Waals surface area contributed by atoms with E-state index < -0.39 is 0 Å². The summed E-state index contributed by atoms with van der Waals surface area (Å²) in [6, 6.07) is 101. The van der Waals surface area contributed by atoms with Crippen LogP contribution in [0.2, 0.25) is 0 Å². The van der Waals surface area contributed by atoms with E-state index in [2.05, 4.69) is 330 Å². The highest BCUT2D eigenvalue weighted by atomic mass is 15.3. The van der Waals surface area contributed by atoms with Crippen LogP contribution in [0, 0.1) is 0 Å². The number of nitrogens with zero attached hydrogens (tertiary/aromatic N) is 4. The monoisotopic (exact) mass is 1430 g/mol. The van der Waals surface area contributed by atoms with Gasteiger partial charge in [-0.3, -0.25) is 0 Å². The summed E-state index contributed by atoms with van der Waals surface area (Å²) in [6.07, 6.45) is 19.3. The van der Waals surface area contributed by atoms with Crippen molar-refractivity contribution in [1.29, 1.82) is 0 Å². The molecular weight excluding hydrogens is 1330 g/mol. The van der Waals surface area contributed by atoms with Gasteiger partial charge in [0.1, 0.15) is 0 Å². The lowest BCUT2D eigenvalue weighted by atomic mass is 9.61. The number of fused-ring (bicyclic) bond motifs is 18. The highest BCUT2D eigenvalue weighted by Crippen LogP contribution is 2.67. The molecule has 4 saturated carbocycles. The lowest BCUT2D eigenvalue weighted by molar-refractivity contribution is 0.195. The Balaban J connectivity index is 0.758. The zero-order valence-corrected chi connectivity index (χ0v) is 65.4. The molecule has 110 heavy (non-hydrogen) atoms. The third-order valence-electron chi connectivity index (χ3n) is 32.4. The van der Waals surface area contributed by atoms with Gasteiger partial charge < -0.3 is 19.6 Å². The summed E-state index contributed by atoms with van der Waals surface area (Å²) in [5.74, 6) is 0. The maximum atomic E-state index is 2.74. The zero-order valence-electron chi connectivity index (χ0n) is 65.4. The molecular formula is C106H98N4. The average molecular weight is 1430 g/mol. The van der Waals surface area contributed by atoms with E-state index in [4.69, 9.17) is 0 Å². The number of hydrogen-bond acceptors (Lipinski definition) is 4. The molecule has 0 N–H and O–H groups in total. The van der Waals surface area contributed by atoms with Crippen LogP contribution in [0.4, 0.5) is 45.5 Å². The summed E-state index contributed by atoms with van der Waals surface area (Å²) in [5, 5.41) is 16.2. The summed E-state index contributed by atoms with van der Waals surface area (Å²) in [4.78, 5) is 10.9. The Bertz CT molecular complexity index is 5600. The minimum atomic E-state index is -0.0536. The van der Waals surface area contributed by atoms with Gasteiger partial charge >= 0.3 is 0 Å². The number of hydrogen-bond donors (Lipinski definition) is 0. The Hall–Kier alpha value is -10.4. The predicted octanol–water partition coefficient (Wildman–Crippen LogP) is 29.1. The van der Waals surface area contributed by atoms with Crippen molar-refractivity contribution in [2.24, 2.45) is 0 Å². The molecule has 0 spiro atoms. The van der Waals surface area contributed by atoms with Crippen LogP contribution >= 0.6 is 0 Å². The van der Waals surface area contributed by atoms with E-state index in [0.717, 1.165) is 0 Å². The average Bonchev–Trinajstić information content (AvgIpc) is 1.53. The van der Waals surface area contributed by atoms with Gasteiger partial charge in [0.05, 0.1) is 22.2 Å². The molecule has 0 saturated heterocycles. The van der Waals surface area contributed by atoms with E-state index in [1.165, 1.54) is 280 Å². The molecule has 542 valence electrons. The molecule has 4 aliphatic carbocycles. The van der Waals surface area contributed by atoms with Crippen LogP contribution in [0.15, 0.2) is 255 Å². The number of anilines is 8. The highest BCUT2D eigenvalue weighted by Gasteiger charge is 2.62. The van der Waals surface area contributed by atoms with Gasteiger partial charge in [0.2, 0.25) is 0 Å². The third-order valence-corrected chi connectivity index (χ3v) is 32.4. The Kier molecular flexibility index (Phi) is 13.5. The summed E-state index contributed by atoms with van der Waals surface area (Å²) in [7, 11) is 0. The van der Waals surface area contributed by atoms with Gasteiger partial charge in [-0.25, -0.2) is 0 Å². The SMILES string of the molecule is CC12CCCCC1(C)N(c1ccccc1)c1ccc(-c3ccc4c5cc6c(cc5c5ccc(-c7ccc8c(c7)C7(C)CCCCC7(C)N8c7ccccc7)c3c45)c3ccc(-c4ccc5c(c4)C4(C)CCCCC4(C)N5c4ccccc4)c4c(-c5ccc7c(c5)C5(C)CCCCC5(C)N7c5ccccc5)ccc6c43)cc12. The van der Waals surface area contributed by atoms with Gasteiger partial charge in [0.25, 0.3) is 0 Å². The quantitative estimate of drug-likeness (QED) is 0.150. The topological polar surface area (TPSA) is 13.0 Å². The zero-order chi connectivity index (χ0) is 73.8. The van der Waals surface area contributed by atoms with Crippen LogP contribution in [0.25, 0.3) is 109 Å². The molecule has 4 heterocycles. The van der Waals surface area contributed by atoms with Crippen molar-refractivity contribution in [3.05, 3.63) is 277 Å². The second-order valence-electron chi connectivity index (χ2n) is 36.9. The Labute approximate surface area is 649 Å². The first-order valence-electron chi connectivity index (χ1n) is 41.9. The number of rotatable bonds is 8. The normalized spacial score (nSPS) is 27.3. The molecule has 8 atom stereocenters. The fourth-order valence-corrected chi connectivity index (χ4v) is 25.9. The maximum Gasteiger partial charge on any atom is 0.0517 e. The Morgan fingerprint density at radius 3 is 0.645 bits per heavy atom. The molecule has 23 rings (SSSR count). The van der Waals surface area contributed by atoms with Gasteiger partial charge in [-0.15, -0.1) is 0 Å². The van der Waals surface area contributed by atoms with Crippen LogP contribution in [-0.4, -0.2) is 22.2 Å². The minimum absolute atomic E-state index is 0.0314. The van der Waals surface area contributed by atoms with Crippen molar-refractivity contribution in [3.8, 4) is 44.5 Å². The fraction of sp³-hybridized carbons (Fsp3) is 0.302. The first-order valence-corrected chi connectivity index (χ1v) is 41.9. The van der Waals surface area contributed by atoms with Gasteiger partial charge in [0, 0.05) is 67.2 Å². The molecule has 0 radical (unpaired) electrons. The van der Waals surface area contributed by atoms with Crippen LogP contribution < -0.4 is 19.6 Å². The summed E-state index contributed by atoms with van der Waals surface area (Å²) in [6.45, 7) is 20.7. The van der Waals surface area contributed by atoms with Crippen molar-refractivity contribution < 1.29 is 0 Å². The van der Waals surface area contributed by atoms with Gasteiger partial charge in [-0.05, 0) is 320 Å². The van der Waals surface area contributed by atoms with Gasteiger partial charge in [-0.2, -0.15) is 0 Å². The minimum Gasteiger partial charge on any atom is -0.334 e. The molecule has 8 unspecified atom stereocenters. The molecule has 8 aliphatic rings. The number of benzene rings is 13. The van der Waals surface area contributed by atoms with Crippen molar-refractivity contribution >= 4 is 110 Å². The molecule has 0 aromatic heterocycles. The van der Waals surface area contributed by atoms with Crippen molar-refractivity contribution in [2.45, 2.75) is 202 Å². The predicted molar refractivity (Wildman–Crippen MR) is 467 cm³/mol. The van der Waals surface area contributed by atoms with E-state index in [0.29, 0.717) is 0 Å². The second-order valence-corrected chi connectivity index (χ2v) is 36.9. The maximum absolute atomic E-state index is 2.74. The van der Waals surface area contributed by atoms with Gasteiger partial charge in [0.15, 0.2) is 0 Å². The second kappa shape index (κ2) is 22.6. The van der Waals surface area contributed by atoms with Crippen LogP contribution in [-0.2, 0) is 21.7 Å². The van der Waals surface area contributed by atoms with Gasteiger partial charge in [-0.1, -0.05) is 225 Å². The van der Waals surface area contributed by atoms with Crippen molar-refractivity contribution in [3.63, 3.8) is 0 Å². The lowest BCUT2D eigenvalue weighted by Crippen LogP contribution is -2.54. The fourth-order valence-electron chi connectivity index (χ4n) is 25.9. The van der Waals surface area contributed by atoms with E-state index in [1.807, 2.05) is 0 Å². The van der Waals surface area contributed by atoms with E-state index in [-0.39, 0.29) is 43.8 Å². The molecule has 4 aliphatic heterocycles. The summed E-state index contributed by atoms with van der Waals surface area (Å²) >= 11 is 0. The first-order chi connectivity index (χ1) is 53.5. The largest absolute Gasteiger partial charge is 0.334 e. The Morgan fingerprint density at radius 1 is 0.200 bits per heavy atom. The van der Waals surface area contributed by atoms with Crippen molar-refractivity contribution in [2.75, 3.05) is 19.6 Å². The molecule has 4 fully saturated rings. The van der Waals surface area contributed by atoms with E-state index in [9.17, 15) is 0 Å². The summed E-state index contributed by atoms with van der Waals surface area (Å²) < 4.78 is 0. The molecule has 4 heteroatoms. The molecule has 15 aromatic rings. The smallest absolute Gasteiger partial charge is 0.0517 e. The Morgan fingerprint density at radius 2 is 0.418 bits per heavy atom. The molecule has 4 nitrogen and oxygen atoms in total. The van der Waals surface area contributed by atoms with Crippen LogP contribution in [0.1, 0.15) is 180 Å². The molecule has 15 aromatic carbocycles.